The maximum atomic E-state index is 11.2. The Morgan fingerprint density at radius 3 is 2.89 bits per heavy atom. The second kappa shape index (κ2) is 7.18. The average molecular weight is 255 g/mol. The zero-order chi connectivity index (χ0) is 13.5. The van der Waals surface area contributed by atoms with Crippen molar-refractivity contribution in [2.24, 2.45) is 0 Å². The molecule has 0 aromatic carbocycles. The van der Waals surface area contributed by atoms with Crippen LogP contribution in [-0.2, 0) is 4.74 Å². The van der Waals surface area contributed by atoms with Gasteiger partial charge in [-0.1, -0.05) is 13.3 Å². The van der Waals surface area contributed by atoms with Crippen molar-refractivity contribution < 1.29 is 19.1 Å². The lowest BCUT2D eigenvalue weighted by atomic mass is 10.2. The van der Waals surface area contributed by atoms with Crippen LogP contribution in [0.1, 0.15) is 49.0 Å². The van der Waals surface area contributed by atoms with Gasteiger partial charge in [0.25, 0.3) is 0 Å². The Balaban J connectivity index is 2.49. The summed E-state index contributed by atoms with van der Waals surface area (Å²) in [5.41, 5.74) is 0. The van der Waals surface area contributed by atoms with Crippen LogP contribution in [0.3, 0.4) is 0 Å². The monoisotopic (exact) mass is 255 g/mol. The van der Waals surface area contributed by atoms with E-state index in [1.54, 1.807) is 12.1 Å². The van der Waals surface area contributed by atoms with Gasteiger partial charge in [0.15, 0.2) is 0 Å². The van der Waals surface area contributed by atoms with E-state index in [9.17, 15) is 9.90 Å². The van der Waals surface area contributed by atoms with Crippen molar-refractivity contribution in [2.75, 3.05) is 13.7 Å². The molecular formula is C13H21NO4. The largest absolute Gasteiger partial charge is 0.463 e. The highest BCUT2D eigenvalue weighted by Gasteiger charge is 2.15. The van der Waals surface area contributed by atoms with Crippen LogP contribution in [0.15, 0.2) is 16.5 Å². The van der Waals surface area contributed by atoms with Crippen molar-refractivity contribution in [3.63, 3.8) is 0 Å². The summed E-state index contributed by atoms with van der Waals surface area (Å²) in [6.45, 7) is 4.45. The Labute approximate surface area is 107 Å². The van der Waals surface area contributed by atoms with Crippen LogP contribution in [0, 0.1) is 0 Å². The van der Waals surface area contributed by atoms with Crippen LogP contribution in [0.4, 0.5) is 0 Å². The summed E-state index contributed by atoms with van der Waals surface area (Å²) in [5, 5.41) is 12.8. The molecule has 1 rings (SSSR count). The number of hydrogen-bond acceptors (Lipinski definition) is 5. The van der Waals surface area contributed by atoms with E-state index in [1.807, 2.05) is 13.8 Å². The summed E-state index contributed by atoms with van der Waals surface area (Å²) in [6, 6.07) is 3.26. The second-order valence-corrected chi connectivity index (χ2v) is 4.27. The molecule has 0 radical (unpaired) electrons. The summed E-state index contributed by atoms with van der Waals surface area (Å²) in [7, 11) is 1.31. The Hall–Kier alpha value is -1.33. The van der Waals surface area contributed by atoms with E-state index in [1.165, 1.54) is 7.11 Å². The summed E-state index contributed by atoms with van der Waals surface area (Å²) < 4.78 is 9.94. The van der Waals surface area contributed by atoms with Crippen LogP contribution in [0.5, 0.6) is 0 Å². The number of ether oxygens (including phenoxy) is 1. The van der Waals surface area contributed by atoms with Crippen molar-refractivity contribution >= 4 is 5.97 Å². The fraction of sp³-hybridized carbons (Fsp3) is 0.615. The molecule has 0 amide bonds. The molecule has 1 aromatic heterocycles. The maximum absolute atomic E-state index is 11.2. The Morgan fingerprint density at radius 1 is 1.56 bits per heavy atom. The fourth-order valence-electron chi connectivity index (χ4n) is 1.64. The first-order chi connectivity index (χ1) is 8.58. The van der Waals surface area contributed by atoms with Crippen LogP contribution in [-0.4, -0.2) is 30.8 Å². The lowest BCUT2D eigenvalue weighted by molar-refractivity contribution is 0.0561. The zero-order valence-electron chi connectivity index (χ0n) is 11.1. The molecule has 0 saturated heterocycles. The highest BCUT2D eigenvalue weighted by molar-refractivity contribution is 5.86. The number of rotatable bonds is 7. The molecule has 1 aromatic rings. The van der Waals surface area contributed by atoms with E-state index in [4.69, 9.17) is 4.42 Å². The molecule has 0 fully saturated rings. The van der Waals surface area contributed by atoms with Crippen LogP contribution < -0.4 is 5.32 Å². The highest BCUT2D eigenvalue weighted by atomic mass is 16.5. The molecule has 0 aliphatic rings. The van der Waals surface area contributed by atoms with Crippen LogP contribution >= 0.6 is 0 Å². The summed E-state index contributed by atoms with van der Waals surface area (Å²) in [5.74, 6) is 0.355. The first-order valence-corrected chi connectivity index (χ1v) is 6.18. The van der Waals surface area contributed by atoms with Gasteiger partial charge in [-0.3, -0.25) is 0 Å². The molecule has 2 atom stereocenters. The first kappa shape index (κ1) is 14.7. The van der Waals surface area contributed by atoms with Gasteiger partial charge < -0.3 is 19.6 Å². The summed E-state index contributed by atoms with van der Waals surface area (Å²) in [4.78, 5) is 11.2. The van der Waals surface area contributed by atoms with Crippen molar-refractivity contribution in [1.82, 2.24) is 5.32 Å². The van der Waals surface area contributed by atoms with Gasteiger partial charge in [0.1, 0.15) is 5.76 Å². The number of hydrogen-bond donors (Lipinski definition) is 2. The van der Waals surface area contributed by atoms with Gasteiger partial charge in [-0.15, -0.1) is 0 Å². The summed E-state index contributed by atoms with van der Waals surface area (Å²) >= 11 is 0. The Kier molecular flexibility index (Phi) is 5.88. The number of aliphatic hydroxyl groups excluding tert-OH is 1. The van der Waals surface area contributed by atoms with Gasteiger partial charge in [-0.2, -0.15) is 0 Å². The van der Waals surface area contributed by atoms with Crippen molar-refractivity contribution in [2.45, 2.75) is 38.8 Å². The second-order valence-electron chi connectivity index (χ2n) is 4.27. The number of carbonyl (C=O) groups excluding carboxylic acids is 1. The number of nitrogens with one attached hydrogen (secondary N) is 1. The average Bonchev–Trinajstić information content (AvgIpc) is 2.85. The normalized spacial score (nSPS) is 14.2. The van der Waals surface area contributed by atoms with E-state index in [-0.39, 0.29) is 17.9 Å². The minimum absolute atomic E-state index is 0.0603. The van der Waals surface area contributed by atoms with Crippen molar-refractivity contribution in [3.05, 3.63) is 23.7 Å². The van der Waals surface area contributed by atoms with E-state index >= 15 is 0 Å². The van der Waals surface area contributed by atoms with Crippen LogP contribution in [0.25, 0.3) is 0 Å². The number of aliphatic hydroxyl groups is 1. The molecule has 0 bridgehead atoms. The van der Waals surface area contributed by atoms with Crippen LogP contribution in [0.2, 0.25) is 0 Å². The smallest absolute Gasteiger partial charge is 0.373 e. The quantitative estimate of drug-likeness (QED) is 0.728. The molecule has 18 heavy (non-hydrogen) atoms. The molecule has 102 valence electrons. The highest BCUT2D eigenvalue weighted by Crippen LogP contribution is 2.16. The molecule has 0 aliphatic carbocycles. The molecule has 2 unspecified atom stereocenters. The van der Waals surface area contributed by atoms with Gasteiger partial charge in [0.2, 0.25) is 5.76 Å². The fourth-order valence-corrected chi connectivity index (χ4v) is 1.64. The third-order valence-corrected chi connectivity index (χ3v) is 2.72. The predicted molar refractivity (Wildman–Crippen MR) is 67.4 cm³/mol. The summed E-state index contributed by atoms with van der Waals surface area (Å²) in [6.07, 6.45) is 1.36. The lowest BCUT2D eigenvalue weighted by Crippen LogP contribution is -2.28. The van der Waals surface area contributed by atoms with Gasteiger partial charge in [0, 0.05) is 6.54 Å². The lowest BCUT2D eigenvalue weighted by Gasteiger charge is -2.14. The first-order valence-electron chi connectivity index (χ1n) is 6.18. The van der Waals surface area contributed by atoms with E-state index in [0.717, 1.165) is 12.8 Å². The maximum Gasteiger partial charge on any atom is 0.373 e. The molecule has 5 heteroatoms. The number of carbonyl (C=O) groups is 1. The molecule has 5 nitrogen and oxygen atoms in total. The van der Waals surface area contributed by atoms with Crippen molar-refractivity contribution in [3.8, 4) is 0 Å². The zero-order valence-corrected chi connectivity index (χ0v) is 11.1. The minimum atomic E-state index is -0.487. The number of esters is 1. The molecular weight excluding hydrogens is 234 g/mol. The molecule has 2 N–H and O–H groups in total. The SMILES string of the molecule is CCCC(O)CNC(C)c1ccc(C(=O)OC)o1. The standard InChI is InChI=1S/C13H21NO4/c1-4-5-10(15)8-14-9(2)11-6-7-12(18-11)13(16)17-3/h6-7,9-10,14-15H,4-5,8H2,1-3H3. The predicted octanol–water partition coefficient (Wildman–Crippen LogP) is 1.88. The molecule has 0 saturated carbocycles. The molecule has 0 spiro atoms. The van der Waals surface area contributed by atoms with Gasteiger partial charge in [0.05, 0.1) is 19.3 Å². The molecule has 0 aliphatic heterocycles. The molecule has 1 heterocycles. The third-order valence-electron chi connectivity index (χ3n) is 2.72. The van der Waals surface area contributed by atoms with Gasteiger partial charge in [-0.05, 0) is 25.5 Å². The minimum Gasteiger partial charge on any atom is -0.463 e. The number of methoxy groups -OCH3 is 1. The van der Waals surface area contributed by atoms with E-state index < -0.39 is 5.97 Å². The van der Waals surface area contributed by atoms with E-state index in [2.05, 4.69) is 10.1 Å². The Bertz CT molecular complexity index is 375. The Morgan fingerprint density at radius 2 is 2.28 bits per heavy atom. The number of furan rings is 1. The van der Waals surface area contributed by atoms with E-state index in [0.29, 0.717) is 12.3 Å². The van der Waals surface area contributed by atoms with Crippen molar-refractivity contribution in [1.29, 1.82) is 0 Å². The van der Waals surface area contributed by atoms with Gasteiger partial charge >= 0.3 is 5.97 Å². The topological polar surface area (TPSA) is 71.7 Å². The third kappa shape index (κ3) is 4.16. The van der Waals surface area contributed by atoms with Gasteiger partial charge in [-0.25, -0.2) is 4.79 Å².